The predicted molar refractivity (Wildman–Crippen MR) is 81.2 cm³/mol. The molecule has 0 saturated carbocycles. The largest absolute Gasteiger partial charge is 0.467 e. The molecular formula is C16H19NO3S. The van der Waals surface area contributed by atoms with Crippen LogP contribution in [0, 0.1) is 0 Å². The second-order valence-corrected chi connectivity index (χ2v) is 6.73. The minimum Gasteiger partial charge on any atom is -0.467 e. The first-order chi connectivity index (χ1) is 10.2. The summed E-state index contributed by atoms with van der Waals surface area (Å²) in [5.74, 6) is -0.213. The molecule has 2 aliphatic rings. The van der Waals surface area contributed by atoms with Crippen LogP contribution in [0.15, 0.2) is 29.2 Å². The molecule has 0 aliphatic carbocycles. The first-order valence-corrected chi connectivity index (χ1v) is 8.21. The van der Waals surface area contributed by atoms with Gasteiger partial charge in [-0.3, -0.25) is 4.79 Å². The van der Waals surface area contributed by atoms with Gasteiger partial charge in [-0.25, -0.2) is 4.79 Å². The second-order valence-electron chi connectivity index (χ2n) is 5.48. The van der Waals surface area contributed by atoms with Gasteiger partial charge in [0.1, 0.15) is 6.04 Å². The molecule has 1 fully saturated rings. The van der Waals surface area contributed by atoms with Crippen LogP contribution in [-0.2, 0) is 20.7 Å². The number of carbonyl (C=O) groups is 2. The molecule has 2 aliphatic heterocycles. The zero-order valence-electron chi connectivity index (χ0n) is 12.1. The fourth-order valence-corrected chi connectivity index (χ4v) is 4.35. The molecule has 5 heteroatoms. The maximum absolute atomic E-state index is 12.8. The van der Waals surface area contributed by atoms with Gasteiger partial charge in [0.25, 0.3) is 0 Å². The highest BCUT2D eigenvalue weighted by Gasteiger charge is 2.38. The van der Waals surface area contributed by atoms with Crippen LogP contribution in [-0.4, -0.2) is 41.7 Å². The molecule has 0 spiro atoms. The van der Waals surface area contributed by atoms with E-state index in [0.717, 1.165) is 19.3 Å². The van der Waals surface area contributed by atoms with Gasteiger partial charge in [-0.2, -0.15) is 0 Å². The van der Waals surface area contributed by atoms with Gasteiger partial charge in [0.2, 0.25) is 5.91 Å². The number of methoxy groups -OCH3 is 1. The summed E-state index contributed by atoms with van der Waals surface area (Å²) in [7, 11) is 1.39. The van der Waals surface area contributed by atoms with E-state index in [-0.39, 0.29) is 17.1 Å². The number of carbonyl (C=O) groups excluding carboxylic acids is 2. The zero-order chi connectivity index (χ0) is 14.8. The molecule has 0 aromatic heterocycles. The van der Waals surface area contributed by atoms with Crippen LogP contribution < -0.4 is 0 Å². The Balaban J connectivity index is 1.74. The second kappa shape index (κ2) is 6.10. The number of piperidine rings is 1. The standard InChI is InChI=1S/C16H19NO3S/c1-20-16(19)12-7-4-5-9-17(12)15(18)14-10-11-6-2-3-8-13(11)21-14/h2-3,6,8,12,14H,4-5,7,9-10H2,1H3. The molecule has 21 heavy (non-hydrogen) atoms. The summed E-state index contributed by atoms with van der Waals surface area (Å²) in [6, 6.07) is 7.73. The summed E-state index contributed by atoms with van der Waals surface area (Å²) >= 11 is 1.62. The third kappa shape index (κ3) is 2.79. The van der Waals surface area contributed by atoms with Crippen LogP contribution in [0.4, 0.5) is 0 Å². The summed E-state index contributed by atoms with van der Waals surface area (Å²) in [5, 5.41) is -0.104. The average Bonchev–Trinajstić information content (AvgIpc) is 2.97. The highest BCUT2D eigenvalue weighted by Crippen LogP contribution is 2.38. The topological polar surface area (TPSA) is 46.6 Å². The minimum absolute atomic E-state index is 0.0753. The number of amides is 1. The van der Waals surface area contributed by atoms with Crippen LogP contribution in [0.2, 0.25) is 0 Å². The van der Waals surface area contributed by atoms with E-state index in [9.17, 15) is 9.59 Å². The van der Waals surface area contributed by atoms with Gasteiger partial charge in [0.15, 0.2) is 0 Å². The van der Waals surface area contributed by atoms with Crippen molar-refractivity contribution in [1.29, 1.82) is 0 Å². The number of ether oxygens (including phenoxy) is 1. The van der Waals surface area contributed by atoms with Gasteiger partial charge in [0.05, 0.1) is 12.4 Å². The quantitative estimate of drug-likeness (QED) is 0.786. The van der Waals surface area contributed by atoms with E-state index in [1.165, 1.54) is 17.6 Å². The highest BCUT2D eigenvalue weighted by atomic mass is 32.2. The maximum Gasteiger partial charge on any atom is 0.328 e. The van der Waals surface area contributed by atoms with Crippen LogP contribution in [0.3, 0.4) is 0 Å². The third-order valence-electron chi connectivity index (χ3n) is 4.18. The Kier molecular flexibility index (Phi) is 4.19. The molecule has 112 valence electrons. The molecule has 3 rings (SSSR count). The fraction of sp³-hybridized carbons (Fsp3) is 0.500. The minimum atomic E-state index is -0.402. The Hall–Kier alpha value is -1.49. The van der Waals surface area contributed by atoms with Crippen molar-refractivity contribution in [2.45, 2.75) is 41.9 Å². The molecule has 0 N–H and O–H groups in total. The molecule has 1 saturated heterocycles. The van der Waals surface area contributed by atoms with Crippen molar-refractivity contribution < 1.29 is 14.3 Å². The summed E-state index contributed by atoms with van der Waals surface area (Å²) < 4.78 is 4.85. The number of fused-ring (bicyclic) bond motifs is 1. The average molecular weight is 305 g/mol. The third-order valence-corrected chi connectivity index (χ3v) is 5.49. The Labute approximate surface area is 128 Å². The number of nitrogens with zero attached hydrogens (tertiary/aromatic N) is 1. The summed E-state index contributed by atoms with van der Waals surface area (Å²) in [6.07, 6.45) is 3.40. The summed E-state index contributed by atoms with van der Waals surface area (Å²) in [5.41, 5.74) is 1.23. The number of hydrogen-bond acceptors (Lipinski definition) is 4. The number of rotatable bonds is 2. The molecule has 1 amide bonds. The number of hydrogen-bond donors (Lipinski definition) is 0. The lowest BCUT2D eigenvalue weighted by molar-refractivity contribution is -0.154. The van der Waals surface area contributed by atoms with Crippen molar-refractivity contribution in [3.05, 3.63) is 29.8 Å². The van der Waals surface area contributed by atoms with Gasteiger partial charge in [-0.05, 0) is 37.3 Å². The van der Waals surface area contributed by atoms with Crippen molar-refractivity contribution >= 4 is 23.6 Å². The first kappa shape index (κ1) is 14.4. The lowest BCUT2D eigenvalue weighted by Gasteiger charge is -2.35. The van der Waals surface area contributed by atoms with Gasteiger partial charge < -0.3 is 9.64 Å². The van der Waals surface area contributed by atoms with Gasteiger partial charge in [-0.15, -0.1) is 11.8 Å². The summed E-state index contributed by atoms with van der Waals surface area (Å²) in [4.78, 5) is 27.6. The van der Waals surface area contributed by atoms with E-state index >= 15 is 0 Å². The van der Waals surface area contributed by atoms with Crippen molar-refractivity contribution in [2.75, 3.05) is 13.7 Å². The van der Waals surface area contributed by atoms with Crippen LogP contribution in [0.5, 0.6) is 0 Å². The Bertz CT molecular complexity index is 535. The molecule has 4 nitrogen and oxygen atoms in total. The lowest BCUT2D eigenvalue weighted by atomic mass is 10.0. The molecule has 1 aromatic carbocycles. The maximum atomic E-state index is 12.8. The normalized spacial score (nSPS) is 24.5. The predicted octanol–water partition coefficient (Wildman–Crippen LogP) is 2.26. The smallest absolute Gasteiger partial charge is 0.328 e. The fourth-order valence-electron chi connectivity index (χ4n) is 3.08. The van der Waals surface area contributed by atoms with E-state index < -0.39 is 6.04 Å². The Morgan fingerprint density at radius 3 is 2.86 bits per heavy atom. The number of thioether (sulfide) groups is 1. The molecule has 0 radical (unpaired) electrons. The van der Waals surface area contributed by atoms with Crippen LogP contribution in [0.1, 0.15) is 24.8 Å². The van der Waals surface area contributed by atoms with E-state index in [1.807, 2.05) is 12.1 Å². The van der Waals surface area contributed by atoms with Gasteiger partial charge >= 0.3 is 5.97 Å². The monoisotopic (exact) mass is 305 g/mol. The Morgan fingerprint density at radius 1 is 1.29 bits per heavy atom. The van der Waals surface area contributed by atoms with Crippen molar-refractivity contribution in [3.8, 4) is 0 Å². The molecular weight excluding hydrogens is 286 g/mol. The zero-order valence-corrected chi connectivity index (χ0v) is 12.9. The lowest BCUT2D eigenvalue weighted by Crippen LogP contribution is -2.51. The van der Waals surface area contributed by atoms with Crippen molar-refractivity contribution in [1.82, 2.24) is 4.90 Å². The SMILES string of the molecule is COC(=O)C1CCCCN1C(=O)C1Cc2ccccc2S1. The van der Waals surface area contributed by atoms with Gasteiger partial charge in [0, 0.05) is 11.4 Å². The highest BCUT2D eigenvalue weighted by molar-refractivity contribution is 8.01. The van der Waals surface area contributed by atoms with E-state index in [2.05, 4.69) is 12.1 Å². The molecule has 2 heterocycles. The van der Waals surface area contributed by atoms with Crippen molar-refractivity contribution in [3.63, 3.8) is 0 Å². The Morgan fingerprint density at radius 2 is 2.10 bits per heavy atom. The molecule has 0 bridgehead atoms. The summed E-state index contributed by atoms with van der Waals surface area (Å²) in [6.45, 7) is 0.659. The number of esters is 1. The van der Waals surface area contributed by atoms with Crippen molar-refractivity contribution in [2.24, 2.45) is 0 Å². The van der Waals surface area contributed by atoms with E-state index in [1.54, 1.807) is 16.7 Å². The molecule has 1 aromatic rings. The first-order valence-electron chi connectivity index (χ1n) is 7.33. The molecule has 2 atom stereocenters. The van der Waals surface area contributed by atoms with Crippen LogP contribution in [0.25, 0.3) is 0 Å². The van der Waals surface area contributed by atoms with E-state index in [0.29, 0.717) is 13.0 Å². The van der Waals surface area contributed by atoms with Gasteiger partial charge in [-0.1, -0.05) is 18.2 Å². The number of benzene rings is 1. The molecule has 2 unspecified atom stereocenters. The van der Waals surface area contributed by atoms with Crippen LogP contribution >= 0.6 is 11.8 Å². The number of likely N-dealkylation sites (tertiary alicyclic amines) is 1. The van der Waals surface area contributed by atoms with E-state index in [4.69, 9.17) is 4.74 Å².